The second-order valence-corrected chi connectivity index (χ2v) is 5.76. The van der Waals surface area contributed by atoms with E-state index in [1.807, 2.05) is 30.3 Å². The molecule has 0 saturated heterocycles. The number of fused-ring (bicyclic) bond motifs is 1. The summed E-state index contributed by atoms with van der Waals surface area (Å²) in [4.78, 5) is 12.9. The van der Waals surface area contributed by atoms with Crippen molar-refractivity contribution in [3.05, 3.63) is 76.2 Å². The fourth-order valence-corrected chi connectivity index (χ4v) is 3.24. The molecule has 2 heterocycles. The zero-order valence-corrected chi connectivity index (χ0v) is 13.1. The number of hydrogen-bond acceptors (Lipinski definition) is 3. The van der Waals surface area contributed by atoms with Gasteiger partial charge in [0.15, 0.2) is 11.6 Å². The normalized spacial score (nSPS) is 16.2. The van der Waals surface area contributed by atoms with Crippen LogP contribution in [0.2, 0.25) is 0 Å². The third-order valence-electron chi connectivity index (χ3n) is 4.40. The quantitative estimate of drug-likeness (QED) is 0.744. The summed E-state index contributed by atoms with van der Waals surface area (Å²) in [5.41, 5.74) is 1.37. The van der Waals surface area contributed by atoms with Crippen LogP contribution in [0.3, 0.4) is 0 Å². The van der Waals surface area contributed by atoms with Crippen LogP contribution < -0.4 is 10.4 Å². The molecular weight excluding hydrogens is 309 g/mol. The maximum absolute atomic E-state index is 13.6. The van der Waals surface area contributed by atoms with E-state index in [2.05, 4.69) is 5.10 Å². The predicted octanol–water partition coefficient (Wildman–Crippen LogP) is 2.72. The number of rotatable bonds is 3. The third kappa shape index (κ3) is 2.22. The summed E-state index contributed by atoms with van der Waals surface area (Å²) in [7, 11) is 1.39. The smallest absolute Gasteiger partial charge is 0.351 e. The number of nitrogens with zero attached hydrogens (tertiary/aromatic N) is 3. The summed E-state index contributed by atoms with van der Waals surface area (Å²) >= 11 is 0. The van der Waals surface area contributed by atoms with Crippen LogP contribution in [-0.4, -0.2) is 21.5 Å². The van der Waals surface area contributed by atoms with Gasteiger partial charge in [-0.15, -0.1) is 5.10 Å². The molecule has 0 aliphatic carbocycles. The molecule has 0 bridgehead atoms. The van der Waals surface area contributed by atoms with Gasteiger partial charge in [-0.25, -0.2) is 9.18 Å². The number of hydrogen-bond donors (Lipinski definition) is 0. The first-order valence-electron chi connectivity index (χ1n) is 7.78. The number of aromatic nitrogens is 3. The third-order valence-corrected chi connectivity index (χ3v) is 4.40. The number of benzene rings is 2. The van der Waals surface area contributed by atoms with E-state index in [4.69, 9.17) is 4.74 Å². The highest BCUT2D eigenvalue weighted by Crippen LogP contribution is 2.29. The highest BCUT2D eigenvalue weighted by Gasteiger charge is 2.29. The van der Waals surface area contributed by atoms with Crippen molar-refractivity contribution in [3.8, 4) is 11.4 Å². The highest BCUT2D eigenvalue weighted by molar-refractivity contribution is 5.39. The Kier molecular flexibility index (Phi) is 3.45. The van der Waals surface area contributed by atoms with Crippen molar-refractivity contribution >= 4 is 0 Å². The predicted molar refractivity (Wildman–Crippen MR) is 87.2 cm³/mol. The standard InChI is InChI=1S/C18H16FN3O2/c1-24-16-11-13(7-8-14(16)19)22-18(23)21-15(9-10-17(21)20-22)12-5-3-2-4-6-12/h2-8,11,15H,9-10H2,1H3/t15-/m0/s1. The van der Waals surface area contributed by atoms with Crippen molar-refractivity contribution in [2.45, 2.75) is 18.9 Å². The van der Waals surface area contributed by atoms with Gasteiger partial charge in [-0.2, -0.15) is 4.68 Å². The van der Waals surface area contributed by atoms with Crippen LogP contribution >= 0.6 is 0 Å². The van der Waals surface area contributed by atoms with Crippen LogP contribution in [-0.2, 0) is 6.42 Å². The van der Waals surface area contributed by atoms with E-state index in [1.54, 1.807) is 4.57 Å². The Morgan fingerprint density at radius 1 is 1.21 bits per heavy atom. The van der Waals surface area contributed by atoms with E-state index in [-0.39, 0.29) is 17.5 Å². The van der Waals surface area contributed by atoms with Crippen molar-refractivity contribution < 1.29 is 9.13 Å². The summed E-state index contributed by atoms with van der Waals surface area (Å²) in [5.74, 6) is 0.368. The van der Waals surface area contributed by atoms with E-state index < -0.39 is 5.82 Å². The van der Waals surface area contributed by atoms with Crippen LogP contribution in [0.4, 0.5) is 4.39 Å². The summed E-state index contributed by atoms with van der Waals surface area (Å²) in [5, 5.41) is 4.43. The molecule has 1 aromatic heterocycles. The van der Waals surface area contributed by atoms with Gasteiger partial charge in [0, 0.05) is 12.5 Å². The molecule has 5 nitrogen and oxygen atoms in total. The first-order chi connectivity index (χ1) is 11.7. The average molecular weight is 325 g/mol. The van der Waals surface area contributed by atoms with Gasteiger partial charge in [0.25, 0.3) is 0 Å². The number of ether oxygens (including phenoxy) is 1. The van der Waals surface area contributed by atoms with Gasteiger partial charge in [-0.1, -0.05) is 30.3 Å². The lowest BCUT2D eigenvalue weighted by Crippen LogP contribution is -2.26. The molecule has 122 valence electrons. The Labute approximate surface area is 137 Å². The lowest BCUT2D eigenvalue weighted by molar-refractivity contribution is 0.386. The Bertz CT molecular complexity index is 947. The van der Waals surface area contributed by atoms with Gasteiger partial charge in [0.1, 0.15) is 5.82 Å². The maximum atomic E-state index is 13.6. The van der Waals surface area contributed by atoms with Crippen molar-refractivity contribution in [1.29, 1.82) is 0 Å². The second kappa shape index (κ2) is 5.63. The Morgan fingerprint density at radius 2 is 2.00 bits per heavy atom. The SMILES string of the molecule is COc1cc(-n2nc3n(c2=O)[C@H](c2ccccc2)CC3)ccc1F. The molecule has 4 rings (SSSR count). The van der Waals surface area contributed by atoms with Crippen molar-refractivity contribution in [2.24, 2.45) is 0 Å². The second-order valence-electron chi connectivity index (χ2n) is 5.76. The monoisotopic (exact) mass is 325 g/mol. The van der Waals surface area contributed by atoms with E-state index in [0.717, 1.165) is 24.2 Å². The molecule has 3 aromatic rings. The fraction of sp³-hybridized carbons (Fsp3) is 0.222. The number of methoxy groups -OCH3 is 1. The van der Waals surface area contributed by atoms with Crippen molar-refractivity contribution in [3.63, 3.8) is 0 Å². The summed E-state index contributed by atoms with van der Waals surface area (Å²) < 4.78 is 21.6. The van der Waals surface area contributed by atoms with E-state index in [0.29, 0.717) is 5.69 Å². The summed E-state index contributed by atoms with van der Waals surface area (Å²) in [6.07, 6.45) is 1.59. The topological polar surface area (TPSA) is 49.0 Å². The average Bonchev–Trinajstić information content (AvgIpc) is 3.17. The van der Waals surface area contributed by atoms with Gasteiger partial charge in [0.2, 0.25) is 0 Å². The molecule has 0 N–H and O–H groups in total. The number of aryl methyl sites for hydroxylation is 1. The molecule has 0 unspecified atom stereocenters. The minimum absolute atomic E-state index is 0.00945. The highest BCUT2D eigenvalue weighted by atomic mass is 19.1. The molecule has 1 aliphatic rings. The maximum Gasteiger partial charge on any atom is 0.351 e. The van der Waals surface area contributed by atoms with Crippen LogP contribution in [0.5, 0.6) is 5.75 Å². The van der Waals surface area contributed by atoms with E-state index >= 15 is 0 Å². The first kappa shape index (κ1) is 14.7. The van der Waals surface area contributed by atoms with Crippen LogP contribution in [0, 0.1) is 5.82 Å². The van der Waals surface area contributed by atoms with Crippen molar-refractivity contribution in [1.82, 2.24) is 14.3 Å². The lowest BCUT2D eigenvalue weighted by Gasteiger charge is -2.12. The molecule has 1 atom stereocenters. The van der Waals surface area contributed by atoms with Gasteiger partial charge in [-0.3, -0.25) is 4.57 Å². The molecule has 6 heteroatoms. The molecule has 0 fully saturated rings. The molecule has 1 aliphatic heterocycles. The molecule has 24 heavy (non-hydrogen) atoms. The Morgan fingerprint density at radius 3 is 2.75 bits per heavy atom. The van der Waals surface area contributed by atoms with E-state index in [1.165, 1.54) is 30.0 Å². The Hall–Kier alpha value is -2.89. The molecule has 0 saturated carbocycles. The van der Waals surface area contributed by atoms with Gasteiger partial charge in [-0.05, 0) is 24.1 Å². The summed E-state index contributed by atoms with van der Waals surface area (Å²) in [6, 6.07) is 14.2. The lowest BCUT2D eigenvalue weighted by atomic mass is 10.1. The van der Waals surface area contributed by atoms with Crippen LogP contribution in [0.25, 0.3) is 5.69 Å². The zero-order chi connectivity index (χ0) is 16.7. The molecule has 2 aromatic carbocycles. The summed E-state index contributed by atoms with van der Waals surface area (Å²) in [6.45, 7) is 0. The minimum atomic E-state index is -0.469. The molecule has 0 spiro atoms. The largest absolute Gasteiger partial charge is 0.494 e. The van der Waals surface area contributed by atoms with E-state index in [9.17, 15) is 9.18 Å². The minimum Gasteiger partial charge on any atom is -0.494 e. The molecule has 0 radical (unpaired) electrons. The van der Waals surface area contributed by atoms with Gasteiger partial charge < -0.3 is 4.74 Å². The molecular formula is C18H16FN3O2. The fourth-order valence-electron chi connectivity index (χ4n) is 3.24. The van der Waals surface area contributed by atoms with Crippen LogP contribution in [0.1, 0.15) is 23.9 Å². The van der Waals surface area contributed by atoms with Crippen molar-refractivity contribution in [2.75, 3.05) is 7.11 Å². The van der Waals surface area contributed by atoms with Gasteiger partial charge in [0.05, 0.1) is 18.8 Å². The van der Waals surface area contributed by atoms with Crippen LogP contribution in [0.15, 0.2) is 53.3 Å². The van der Waals surface area contributed by atoms with Gasteiger partial charge >= 0.3 is 5.69 Å². The molecule has 0 amide bonds. The zero-order valence-electron chi connectivity index (χ0n) is 13.1. The number of halogens is 1. The first-order valence-corrected chi connectivity index (χ1v) is 7.78. The Balaban J connectivity index is 1.81.